The van der Waals surface area contributed by atoms with Crippen LogP contribution < -0.4 is 15.5 Å². The Balaban J connectivity index is 2.21. The molecule has 0 saturated heterocycles. The Bertz CT molecular complexity index is 776. The number of aromatic nitrogens is 2. The summed E-state index contributed by atoms with van der Waals surface area (Å²) < 4.78 is 0. The van der Waals surface area contributed by atoms with Crippen molar-refractivity contribution in [2.75, 3.05) is 32.1 Å². The summed E-state index contributed by atoms with van der Waals surface area (Å²) in [6.45, 7) is 13.6. The lowest BCUT2D eigenvalue weighted by Crippen LogP contribution is -2.45. The van der Waals surface area contributed by atoms with Crippen LogP contribution in [0.2, 0.25) is 0 Å². The van der Waals surface area contributed by atoms with Gasteiger partial charge < -0.3 is 15.5 Å². The van der Waals surface area contributed by atoms with Gasteiger partial charge in [0.05, 0.1) is 6.54 Å². The van der Waals surface area contributed by atoms with Gasteiger partial charge in [0.2, 0.25) is 5.91 Å². The minimum atomic E-state index is -0.249. The SMILES string of the molecule is C=C(/C=C(\C)CCCNC)c1nc2c(c(N(C)CC(=O)NC(C)(C)C)n1)CCC2. The molecular formula is C23H37N5O. The number of hydrogen-bond donors (Lipinski definition) is 2. The molecule has 0 spiro atoms. The van der Waals surface area contributed by atoms with Gasteiger partial charge in [-0.1, -0.05) is 18.2 Å². The van der Waals surface area contributed by atoms with E-state index in [2.05, 4.69) is 30.2 Å². The maximum absolute atomic E-state index is 12.4. The fraction of sp³-hybridized carbons (Fsp3) is 0.609. The second-order valence-corrected chi connectivity index (χ2v) is 9.03. The molecule has 0 unspecified atom stereocenters. The van der Waals surface area contributed by atoms with Gasteiger partial charge in [0.15, 0.2) is 5.82 Å². The summed E-state index contributed by atoms with van der Waals surface area (Å²) in [5, 5.41) is 6.19. The quantitative estimate of drug-likeness (QED) is 0.493. The number of allylic oxidation sites excluding steroid dienone is 3. The van der Waals surface area contributed by atoms with E-state index in [0.29, 0.717) is 5.82 Å². The molecule has 0 aromatic carbocycles. The van der Waals surface area contributed by atoms with Crippen LogP contribution >= 0.6 is 0 Å². The molecule has 29 heavy (non-hydrogen) atoms. The summed E-state index contributed by atoms with van der Waals surface area (Å²) in [5.41, 5.74) is 4.11. The molecule has 2 rings (SSSR count). The summed E-state index contributed by atoms with van der Waals surface area (Å²) in [7, 11) is 3.89. The van der Waals surface area contributed by atoms with Crippen molar-refractivity contribution >= 4 is 17.3 Å². The van der Waals surface area contributed by atoms with E-state index in [1.165, 1.54) is 11.1 Å². The Labute approximate surface area is 175 Å². The molecular weight excluding hydrogens is 362 g/mol. The monoisotopic (exact) mass is 399 g/mol. The predicted molar refractivity (Wildman–Crippen MR) is 121 cm³/mol. The second-order valence-electron chi connectivity index (χ2n) is 9.03. The minimum Gasteiger partial charge on any atom is -0.350 e. The molecule has 0 aliphatic heterocycles. The number of hydrogen-bond acceptors (Lipinski definition) is 5. The normalized spacial score (nSPS) is 13.9. The molecule has 1 aliphatic carbocycles. The number of carbonyl (C=O) groups excluding carboxylic acids is 1. The van der Waals surface area contributed by atoms with E-state index in [1.54, 1.807) is 0 Å². The smallest absolute Gasteiger partial charge is 0.239 e. The Hall–Kier alpha value is -2.21. The van der Waals surface area contributed by atoms with Crippen molar-refractivity contribution in [2.45, 2.75) is 65.3 Å². The summed E-state index contributed by atoms with van der Waals surface area (Å²) >= 11 is 0. The molecule has 2 N–H and O–H groups in total. The molecule has 1 aliphatic rings. The fourth-order valence-electron chi connectivity index (χ4n) is 3.60. The maximum Gasteiger partial charge on any atom is 0.239 e. The highest BCUT2D eigenvalue weighted by atomic mass is 16.2. The lowest BCUT2D eigenvalue weighted by Gasteiger charge is -2.25. The molecule has 0 atom stereocenters. The average Bonchev–Trinajstić information content (AvgIpc) is 3.07. The second kappa shape index (κ2) is 10.0. The number of aryl methyl sites for hydroxylation is 1. The topological polar surface area (TPSA) is 70.2 Å². The highest BCUT2D eigenvalue weighted by Crippen LogP contribution is 2.30. The van der Waals surface area contributed by atoms with Crippen LogP contribution in [0.1, 0.15) is 64.0 Å². The Morgan fingerprint density at radius 2 is 2.00 bits per heavy atom. The molecule has 6 heteroatoms. The fourth-order valence-corrected chi connectivity index (χ4v) is 3.60. The Morgan fingerprint density at radius 3 is 2.66 bits per heavy atom. The number of likely N-dealkylation sites (N-methyl/N-ethyl adjacent to an activating group) is 1. The van der Waals surface area contributed by atoms with Crippen LogP contribution in [0.5, 0.6) is 0 Å². The zero-order valence-electron chi connectivity index (χ0n) is 19.0. The lowest BCUT2D eigenvalue weighted by molar-refractivity contribution is -0.121. The molecule has 160 valence electrons. The van der Waals surface area contributed by atoms with Crippen molar-refractivity contribution in [3.8, 4) is 0 Å². The van der Waals surface area contributed by atoms with Crippen molar-refractivity contribution in [1.29, 1.82) is 0 Å². The molecule has 0 bridgehead atoms. The van der Waals surface area contributed by atoms with Crippen LogP contribution in [-0.2, 0) is 17.6 Å². The van der Waals surface area contributed by atoms with Gasteiger partial charge in [0.1, 0.15) is 5.82 Å². The van der Waals surface area contributed by atoms with E-state index in [-0.39, 0.29) is 18.0 Å². The molecule has 1 heterocycles. The molecule has 6 nitrogen and oxygen atoms in total. The zero-order valence-corrected chi connectivity index (χ0v) is 19.0. The van der Waals surface area contributed by atoms with Crippen LogP contribution in [0.25, 0.3) is 5.57 Å². The highest BCUT2D eigenvalue weighted by molar-refractivity contribution is 5.82. The first-order valence-corrected chi connectivity index (χ1v) is 10.5. The molecule has 0 saturated carbocycles. The molecule has 0 radical (unpaired) electrons. The number of anilines is 1. The van der Waals surface area contributed by atoms with Gasteiger partial charge in [-0.3, -0.25) is 4.79 Å². The van der Waals surface area contributed by atoms with E-state index >= 15 is 0 Å². The number of nitrogens with zero attached hydrogens (tertiary/aromatic N) is 3. The zero-order chi connectivity index (χ0) is 21.6. The predicted octanol–water partition coefficient (Wildman–Crippen LogP) is 3.28. The molecule has 1 aromatic rings. The standard InChI is InChI=1S/C23H37N5O/c1-16(10-9-13-24-6)14-17(2)21-25-19-12-8-11-18(19)22(26-21)28(7)15-20(29)27-23(3,4)5/h14,24H,2,8-13,15H2,1,3-7H3,(H,27,29)/b16-14+. The van der Waals surface area contributed by atoms with Gasteiger partial charge >= 0.3 is 0 Å². The summed E-state index contributed by atoms with van der Waals surface area (Å²) in [5.74, 6) is 1.51. The van der Waals surface area contributed by atoms with Crippen LogP contribution in [0.3, 0.4) is 0 Å². The Morgan fingerprint density at radius 1 is 1.28 bits per heavy atom. The first-order valence-electron chi connectivity index (χ1n) is 10.5. The number of rotatable bonds is 9. The van der Waals surface area contributed by atoms with Crippen LogP contribution in [0.15, 0.2) is 18.2 Å². The lowest BCUT2D eigenvalue weighted by atomic mass is 10.1. The number of nitrogens with one attached hydrogen (secondary N) is 2. The summed E-state index contributed by atoms with van der Waals surface area (Å²) in [4.78, 5) is 24.0. The minimum absolute atomic E-state index is 0.00832. The number of fused-ring (bicyclic) bond motifs is 1. The first kappa shape index (κ1) is 23.1. The third-order valence-electron chi connectivity index (χ3n) is 4.87. The highest BCUT2D eigenvalue weighted by Gasteiger charge is 2.24. The van der Waals surface area contributed by atoms with Gasteiger partial charge in [-0.2, -0.15) is 0 Å². The molecule has 1 aromatic heterocycles. The molecule has 1 amide bonds. The van der Waals surface area contributed by atoms with Crippen LogP contribution in [-0.4, -0.2) is 48.6 Å². The van der Waals surface area contributed by atoms with Crippen LogP contribution in [0, 0.1) is 0 Å². The van der Waals surface area contributed by atoms with Crippen molar-refractivity contribution in [3.63, 3.8) is 0 Å². The largest absolute Gasteiger partial charge is 0.350 e. The van der Waals surface area contributed by atoms with E-state index in [1.807, 2.05) is 39.8 Å². The van der Waals surface area contributed by atoms with Gasteiger partial charge in [0.25, 0.3) is 0 Å². The van der Waals surface area contributed by atoms with E-state index in [9.17, 15) is 4.79 Å². The Kier molecular flexibility index (Phi) is 7.96. The number of amides is 1. The van der Waals surface area contributed by atoms with Gasteiger partial charge in [-0.05, 0) is 73.4 Å². The summed E-state index contributed by atoms with van der Waals surface area (Å²) in [6, 6.07) is 0. The average molecular weight is 400 g/mol. The van der Waals surface area contributed by atoms with Crippen molar-refractivity contribution in [3.05, 3.63) is 35.3 Å². The first-order chi connectivity index (χ1) is 13.6. The van der Waals surface area contributed by atoms with Crippen molar-refractivity contribution in [1.82, 2.24) is 20.6 Å². The number of carbonyl (C=O) groups is 1. The van der Waals surface area contributed by atoms with Gasteiger partial charge in [-0.25, -0.2) is 9.97 Å². The van der Waals surface area contributed by atoms with E-state index in [4.69, 9.17) is 9.97 Å². The third-order valence-corrected chi connectivity index (χ3v) is 4.87. The van der Waals surface area contributed by atoms with Crippen molar-refractivity contribution in [2.24, 2.45) is 0 Å². The molecule has 0 fully saturated rings. The third kappa shape index (κ3) is 6.96. The van der Waals surface area contributed by atoms with Crippen molar-refractivity contribution < 1.29 is 4.79 Å². The van der Waals surface area contributed by atoms with Gasteiger partial charge in [0, 0.05) is 29.4 Å². The summed E-state index contributed by atoms with van der Waals surface area (Å²) in [6.07, 6.45) is 7.19. The maximum atomic E-state index is 12.4. The van der Waals surface area contributed by atoms with Gasteiger partial charge in [-0.15, -0.1) is 0 Å². The van der Waals surface area contributed by atoms with E-state index < -0.39 is 0 Å². The van der Waals surface area contributed by atoms with E-state index in [0.717, 1.165) is 55.7 Å². The van der Waals surface area contributed by atoms with Crippen LogP contribution in [0.4, 0.5) is 5.82 Å².